The number of rotatable bonds is 3. The van der Waals surface area contributed by atoms with Gasteiger partial charge >= 0.3 is 0 Å². The fraction of sp³-hybridized carbons (Fsp3) is 0.0698. The van der Waals surface area contributed by atoms with Crippen LogP contribution in [-0.4, -0.2) is 9.97 Å². The van der Waals surface area contributed by atoms with Gasteiger partial charge in [0.05, 0.1) is 0 Å². The summed E-state index contributed by atoms with van der Waals surface area (Å²) in [6, 6.07) is 48.7. The number of fused-ring (bicyclic) bond motifs is 6. The van der Waals surface area contributed by atoms with Crippen molar-refractivity contribution in [3.63, 3.8) is 0 Å². The largest absolute Gasteiger partial charge is 0.237 e. The highest BCUT2D eigenvalue weighted by Gasteiger charge is 2.35. The monoisotopic (exact) mass is 574 g/mol. The number of nitrogens with zero attached hydrogens (tertiary/aromatic N) is 2. The van der Waals surface area contributed by atoms with Gasteiger partial charge in [-0.05, 0) is 95.0 Å². The van der Waals surface area contributed by atoms with Crippen molar-refractivity contribution in [1.82, 2.24) is 9.97 Å². The van der Waals surface area contributed by atoms with E-state index in [1.807, 2.05) is 18.5 Å². The van der Waals surface area contributed by atoms with Crippen molar-refractivity contribution in [2.75, 3.05) is 0 Å². The van der Waals surface area contributed by atoms with E-state index in [4.69, 9.17) is 9.97 Å². The number of hydrogen-bond acceptors (Lipinski definition) is 2. The normalized spacial score (nSPS) is 13.3. The van der Waals surface area contributed by atoms with Crippen LogP contribution < -0.4 is 0 Å². The molecule has 0 spiro atoms. The Morgan fingerprint density at radius 3 is 1.89 bits per heavy atom. The van der Waals surface area contributed by atoms with Gasteiger partial charge in [0.15, 0.2) is 5.82 Å². The lowest BCUT2D eigenvalue weighted by Gasteiger charge is -2.23. The Morgan fingerprint density at radius 1 is 0.422 bits per heavy atom. The van der Waals surface area contributed by atoms with Gasteiger partial charge < -0.3 is 0 Å². The van der Waals surface area contributed by atoms with Crippen molar-refractivity contribution >= 4 is 32.3 Å². The molecular weight excluding hydrogens is 544 g/mol. The van der Waals surface area contributed by atoms with Crippen molar-refractivity contribution < 1.29 is 0 Å². The van der Waals surface area contributed by atoms with Gasteiger partial charge in [-0.15, -0.1) is 0 Å². The first-order valence-corrected chi connectivity index (χ1v) is 15.6. The zero-order valence-electron chi connectivity index (χ0n) is 25.3. The summed E-state index contributed by atoms with van der Waals surface area (Å²) in [6.45, 7) is 4.71. The highest BCUT2D eigenvalue weighted by Crippen LogP contribution is 2.51. The third-order valence-electron chi connectivity index (χ3n) is 9.79. The van der Waals surface area contributed by atoms with Crippen LogP contribution in [0.25, 0.3) is 77.1 Å². The number of hydrogen-bond donors (Lipinski definition) is 0. The summed E-state index contributed by atoms with van der Waals surface area (Å²) in [5, 5.41) is 7.22. The molecule has 0 saturated carbocycles. The van der Waals surface area contributed by atoms with E-state index in [0.717, 1.165) is 22.2 Å². The molecule has 0 fully saturated rings. The Balaban J connectivity index is 1.39. The highest BCUT2D eigenvalue weighted by molar-refractivity contribution is 6.21. The van der Waals surface area contributed by atoms with Gasteiger partial charge in [-0.25, -0.2) is 9.97 Å². The molecule has 1 aliphatic rings. The number of aromatic nitrogens is 2. The average molecular weight is 575 g/mol. The van der Waals surface area contributed by atoms with Crippen LogP contribution in [0.1, 0.15) is 25.0 Å². The molecule has 0 unspecified atom stereocenters. The molecule has 0 atom stereocenters. The van der Waals surface area contributed by atoms with Gasteiger partial charge in [0, 0.05) is 23.4 Å². The fourth-order valence-corrected chi connectivity index (χ4v) is 7.66. The first kappa shape index (κ1) is 25.9. The predicted molar refractivity (Wildman–Crippen MR) is 188 cm³/mol. The summed E-state index contributed by atoms with van der Waals surface area (Å²) in [6.07, 6.45) is 3.67. The maximum absolute atomic E-state index is 4.75. The fourth-order valence-electron chi connectivity index (χ4n) is 7.66. The molecule has 45 heavy (non-hydrogen) atoms. The van der Waals surface area contributed by atoms with Gasteiger partial charge in [-0.3, -0.25) is 0 Å². The summed E-state index contributed by atoms with van der Waals surface area (Å²) in [5.41, 5.74) is 11.3. The molecule has 0 bridgehead atoms. The molecule has 0 N–H and O–H groups in total. The first-order chi connectivity index (χ1) is 22.1. The molecule has 1 aromatic heterocycles. The van der Waals surface area contributed by atoms with E-state index in [1.165, 1.54) is 66.1 Å². The Hall–Kier alpha value is -5.60. The number of benzene rings is 7. The Morgan fingerprint density at radius 2 is 1.04 bits per heavy atom. The van der Waals surface area contributed by atoms with Gasteiger partial charge in [-0.2, -0.15) is 0 Å². The molecule has 0 aliphatic heterocycles. The van der Waals surface area contributed by atoms with E-state index in [2.05, 4.69) is 141 Å². The second-order valence-corrected chi connectivity index (χ2v) is 12.6. The average Bonchev–Trinajstić information content (AvgIpc) is 3.32. The summed E-state index contributed by atoms with van der Waals surface area (Å²) in [5.74, 6) is 0.744. The SMILES string of the molecule is CC1(C)c2ccccc2-c2ccc(-c3c4ccccc4c(-c4ncccn4)c4ccc(-c5cccc6ccccc56)cc34)cc21. The van der Waals surface area contributed by atoms with Gasteiger partial charge in [-0.1, -0.05) is 129 Å². The minimum atomic E-state index is -0.0839. The molecule has 2 heteroatoms. The lowest BCUT2D eigenvalue weighted by Crippen LogP contribution is -2.14. The molecule has 1 aliphatic carbocycles. The van der Waals surface area contributed by atoms with E-state index >= 15 is 0 Å². The van der Waals surface area contributed by atoms with E-state index in [0.29, 0.717) is 0 Å². The van der Waals surface area contributed by atoms with E-state index in [1.54, 1.807) is 0 Å². The van der Waals surface area contributed by atoms with E-state index in [-0.39, 0.29) is 5.41 Å². The summed E-state index contributed by atoms with van der Waals surface area (Å²) < 4.78 is 0. The Bertz CT molecular complexity index is 2450. The first-order valence-electron chi connectivity index (χ1n) is 15.6. The van der Waals surface area contributed by atoms with Gasteiger partial charge in [0.2, 0.25) is 0 Å². The van der Waals surface area contributed by atoms with Crippen LogP contribution in [0.2, 0.25) is 0 Å². The van der Waals surface area contributed by atoms with Crippen molar-refractivity contribution in [3.8, 4) is 44.8 Å². The van der Waals surface area contributed by atoms with Crippen molar-refractivity contribution in [2.24, 2.45) is 0 Å². The lowest BCUT2D eigenvalue weighted by molar-refractivity contribution is 0.660. The maximum Gasteiger partial charge on any atom is 0.160 e. The van der Waals surface area contributed by atoms with Crippen LogP contribution in [0.15, 0.2) is 146 Å². The Labute approximate surface area is 262 Å². The minimum Gasteiger partial charge on any atom is -0.237 e. The molecule has 2 nitrogen and oxygen atoms in total. The molecular formula is C43H30N2. The van der Waals surface area contributed by atoms with Crippen molar-refractivity contribution in [3.05, 3.63) is 157 Å². The van der Waals surface area contributed by atoms with Crippen LogP contribution in [0.4, 0.5) is 0 Å². The summed E-state index contributed by atoms with van der Waals surface area (Å²) >= 11 is 0. The van der Waals surface area contributed by atoms with E-state index in [9.17, 15) is 0 Å². The second-order valence-electron chi connectivity index (χ2n) is 12.6. The zero-order chi connectivity index (χ0) is 30.1. The zero-order valence-corrected chi connectivity index (χ0v) is 25.3. The highest BCUT2D eigenvalue weighted by atomic mass is 14.9. The lowest BCUT2D eigenvalue weighted by atomic mass is 9.80. The van der Waals surface area contributed by atoms with Crippen LogP contribution in [0.3, 0.4) is 0 Å². The molecule has 8 aromatic rings. The van der Waals surface area contributed by atoms with E-state index < -0.39 is 0 Å². The minimum absolute atomic E-state index is 0.0839. The smallest absolute Gasteiger partial charge is 0.160 e. The third-order valence-corrected chi connectivity index (χ3v) is 9.79. The second kappa shape index (κ2) is 9.70. The van der Waals surface area contributed by atoms with Crippen LogP contribution >= 0.6 is 0 Å². The molecule has 7 aromatic carbocycles. The van der Waals surface area contributed by atoms with Crippen LogP contribution in [0.5, 0.6) is 0 Å². The third kappa shape index (κ3) is 3.82. The quantitative estimate of drug-likeness (QED) is 0.196. The topological polar surface area (TPSA) is 25.8 Å². The van der Waals surface area contributed by atoms with Crippen molar-refractivity contribution in [2.45, 2.75) is 19.3 Å². The maximum atomic E-state index is 4.75. The molecule has 0 amide bonds. The van der Waals surface area contributed by atoms with Gasteiger partial charge in [0.25, 0.3) is 0 Å². The van der Waals surface area contributed by atoms with Crippen LogP contribution in [-0.2, 0) is 5.41 Å². The molecule has 1 heterocycles. The Kier molecular flexibility index (Phi) is 5.58. The molecule has 0 saturated heterocycles. The standard InChI is InChI=1S/C43H30N2/c1-43(2)38-18-8-7-14-32(38)33-21-20-29(26-39(33)43)40-34-15-5-6-16-35(34)41(42-44-23-10-24-45-42)36-22-19-28(25-37(36)40)31-17-9-12-27-11-3-4-13-30(27)31/h3-26H,1-2H3. The molecule has 212 valence electrons. The van der Waals surface area contributed by atoms with Crippen molar-refractivity contribution in [1.29, 1.82) is 0 Å². The van der Waals surface area contributed by atoms with Gasteiger partial charge in [0.1, 0.15) is 0 Å². The summed E-state index contributed by atoms with van der Waals surface area (Å²) in [4.78, 5) is 9.50. The predicted octanol–water partition coefficient (Wildman–Crippen LogP) is 11.2. The molecule has 9 rings (SSSR count). The van der Waals surface area contributed by atoms with Crippen LogP contribution in [0, 0.1) is 0 Å². The summed E-state index contributed by atoms with van der Waals surface area (Å²) in [7, 11) is 0. The molecule has 0 radical (unpaired) electrons.